The molecule has 5 nitrogen and oxygen atoms in total. The third kappa shape index (κ3) is 2.82. The van der Waals surface area contributed by atoms with Crippen LogP contribution in [-0.2, 0) is 6.54 Å². The molecule has 23 heavy (non-hydrogen) atoms. The van der Waals surface area contributed by atoms with E-state index in [1.54, 1.807) is 13.2 Å². The van der Waals surface area contributed by atoms with Crippen LogP contribution in [0, 0.1) is 0 Å². The zero-order valence-electron chi connectivity index (χ0n) is 13.4. The Morgan fingerprint density at radius 1 is 1.26 bits per heavy atom. The molecule has 0 saturated heterocycles. The maximum Gasteiger partial charge on any atom is 0.371 e. The van der Waals surface area contributed by atoms with Crippen LogP contribution in [0.1, 0.15) is 41.8 Å². The lowest BCUT2D eigenvalue weighted by Gasteiger charge is -2.12. The molecule has 0 unspecified atom stereocenters. The number of hydrogen-bond donors (Lipinski definition) is 1. The number of aromatic nitrogens is 1. The molecular formula is C18H19NO4. The van der Waals surface area contributed by atoms with Crippen molar-refractivity contribution in [1.29, 1.82) is 0 Å². The van der Waals surface area contributed by atoms with Gasteiger partial charge in [0.2, 0.25) is 5.76 Å². The number of rotatable bonds is 5. The van der Waals surface area contributed by atoms with E-state index in [1.807, 2.05) is 18.2 Å². The summed E-state index contributed by atoms with van der Waals surface area (Å²) in [6, 6.07) is 11.3. The molecule has 0 spiro atoms. The zero-order valence-corrected chi connectivity index (χ0v) is 13.4. The highest BCUT2D eigenvalue weighted by molar-refractivity contribution is 5.84. The van der Waals surface area contributed by atoms with E-state index in [-0.39, 0.29) is 5.76 Å². The minimum atomic E-state index is -1.05. The second-order valence-electron chi connectivity index (χ2n) is 5.81. The van der Waals surface area contributed by atoms with Gasteiger partial charge in [-0.05, 0) is 42.3 Å². The van der Waals surface area contributed by atoms with Crippen molar-refractivity contribution < 1.29 is 19.1 Å². The number of nitrogens with zero attached hydrogens (tertiary/aromatic N) is 1. The van der Waals surface area contributed by atoms with Gasteiger partial charge in [0.1, 0.15) is 11.5 Å². The molecule has 0 atom stereocenters. The lowest BCUT2D eigenvalue weighted by molar-refractivity contribution is 0.0660. The number of carbonyl (C=O) groups is 1. The number of carboxylic acids is 1. The van der Waals surface area contributed by atoms with Gasteiger partial charge < -0.3 is 18.8 Å². The highest BCUT2D eigenvalue weighted by atomic mass is 16.5. The Kier molecular flexibility index (Phi) is 3.86. The molecule has 0 radical (unpaired) electrons. The third-order valence-corrected chi connectivity index (χ3v) is 3.92. The fourth-order valence-corrected chi connectivity index (χ4v) is 2.79. The lowest BCUT2D eigenvalue weighted by atomic mass is 10.1. The van der Waals surface area contributed by atoms with Gasteiger partial charge in [0.25, 0.3) is 0 Å². The van der Waals surface area contributed by atoms with Crippen LogP contribution in [0.2, 0.25) is 0 Å². The van der Waals surface area contributed by atoms with Crippen molar-refractivity contribution in [3.05, 3.63) is 53.6 Å². The summed E-state index contributed by atoms with van der Waals surface area (Å²) in [6.45, 7) is 4.76. The number of benzene rings is 1. The van der Waals surface area contributed by atoms with Crippen molar-refractivity contribution in [2.75, 3.05) is 7.11 Å². The van der Waals surface area contributed by atoms with Crippen LogP contribution >= 0.6 is 0 Å². The molecule has 2 aromatic heterocycles. The average molecular weight is 313 g/mol. The van der Waals surface area contributed by atoms with Crippen molar-refractivity contribution in [2.24, 2.45) is 0 Å². The Morgan fingerprint density at radius 2 is 2.04 bits per heavy atom. The summed E-state index contributed by atoms with van der Waals surface area (Å²) in [4.78, 5) is 11.0. The molecule has 120 valence electrons. The Morgan fingerprint density at radius 3 is 2.65 bits per heavy atom. The van der Waals surface area contributed by atoms with Gasteiger partial charge in [0, 0.05) is 16.6 Å². The molecule has 5 heteroatoms. The van der Waals surface area contributed by atoms with Crippen LogP contribution in [0.15, 0.2) is 40.8 Å². The molecule has 0 saturated carbocycles. The minimum absolute atomic E-state index is 0.0378. The van der Waals surface area contributed by atoms with Gasteiger partial charge in [-0.1, -0.05) is 13.8 Å². The first-order valence-corrected chi connectivity index (χ1v) is 7.48. The van der Waals surface area contributed by atoms with Gasteiger partial charge in [-0.15, -0.1) is 0 Å². The Hall–Kier alpha value is -2.69. The quantitative estimate of drug-likeness (QED) is 0.769. The van der Waals surface area contributed by atoms with Crippen LogP contribution < -0.4 is 4.74 Å². The normalized spacial score (nSPS) is 11.3. The highest BCUT2D eigenvalue weighted by Gasteiger charge is 2.15. The molecule has 0 aliphatic carbocycles. The van der Waals surface area contributed by atoms with Crippen molar-refractivity contribution in [2.45, 2.75) is 26.3 Å². The SMILES string of the molecule is COc1ccc2c(c1)cc(C(C)C)n2Cc1ccc(C(=O)O)o1. The monoisotopic (exact) mass is 313 g/mol. The van der Waals surface area contributed by atoms with Gasteiger partial charge in [-0.25, -0.2) is 4.79 Å². The average Bonchev–Trinajstić information content (AvgIpc) is 3.12. The largest absolute Gasteiger partial charge is 0.497 e. The van der Waals surface area contributed by atoms with E-state index in [1.165, 1.54) is 11.8 Å². The number of methoxy groups -OCH3 is 1. The minimum Gasteiger partial charge on any atom is -0.497 e. The van der Waals surface area contributed by atoms with Crippen molar-refractivity contribution in [1.82, 2.24) is 4.57 Å². The second kappa shape index (κ2) is 5.83. The lowest BCUT2D eigenvalue weighted by Crippen LogP contribution is -2.05. The Labute approximate surface area is 134 Å². The first-order chi connectivity index (χ1) is 11.0. The van der Waals surface area contributed by atoms with Gasteiger partial charge in [0.05, 0.1) is 13.7 Å². The molecule has 2 heterocycles. The van der Waals surface area contributed by atoms with E-state index in [0.717, 1.165) is 16.7 Å². The van der Waals surface area contributed by atoms with Crippen LogP contribution in [0.3, 0.4) is 0 Å². The van der Waals surface area contributed by atoms with Crippen LogP contribution in [0.4, 0.5) is 0 Å². The molecule has 0 fully saturated rings. The van der Waals surface area contributed by atoms with Crippen LogP contribution in [-0.4, -0.2) is 22.8 Å². The van der Waals surface area contributed by atoms with Crippen molar-refractivity contribution >= 4 is 16.9 Å². The van der Waals surface area contributed by atoms with Crippen molar-refractivity contribution in [3.63, 3.8) is 0 Å². The van der Waals surface area contributed by atoms with Crippen LogP contribution in [0.25, 0.3) is 10.9 Å². The summed E-state index contributed by atoms with van der Waals surface area (Å²) in [7, 11) is 1.65. The second-order valence-corrected chi connectivity index (χ2v) is 5.81. The van der Waals surface area contributed by atoms with E-state index in [0.29, 0.717) is 18.2 Å². The summed E-state index contributed by atoms with van der Waals surface area (Å²) in [5.74, 6) is 0.683. The Bertz CT molecular complexity index is 857. The molecule has 3 aromatic rings. The zero-order chi connectivity index (χ0) is 16.6. The number of aromatic carboxylic acids is 1. The smallest absolute Gasteiger partial charge is 0.371 e. The summed E-state index contributed by atoms with van der Waals surface area (Å²) in [5, 5.41) is 10.1. The topological polar surface area (TPSA) is 64.6 Å². The molecular weight excluding hydrogens is 294 g/mol. The number of fused-ring (bicyclic) bond motifs is 1. The third-order valence-electron chi connectivity index (χ3n) is 3.92. The van der Waals surface area contributed by atoms with E-state index >= 15 is 0 Å². The number of ether oxygens (including phenoxy) is 1. The predicted octanol–water partition coefficient (Wildman–Crippen LogP) is 4.11. The first kappa shape index (κ1) is 15.2. The molecule has 0 amide bonds. The summed E-state index contributed by atoms with van der Waals surface area (Å²) >= 11 is 0. The number of furan rings is 1. The van der Waals surface area contributed by atoms with E-state index in [9.17, 15) is 4.79 Å². The van der Waals surface area contributed by atoms with Gasteiger partial charge in [-0.3, -0.25) is 0 Å². The Balaban J connectivity index is 2.06. The van der Waals surface area contributed by atoms with Gasteiger partial charge in [-0.2, -0.15) is 0 Å². The summed E-state index contributed by atoms with van der Waals surface area (Å²) in [6.07, 6.45) is 0. The van der Waals surface area contributed by atoms with E-state index in [2.05, 4.69) is 24.5 Å². The molecule has 0 aliphatic heterocycles. The fourth-order valence-electron chi connectivity index (χ4n) is 2.79. The molecule has 0 aliphatic rings. The fraction of sp³-hybridized carbons (Fsp3) is 0.278. The summed E-state index contributed by atoms with van der Waals surface area (Å²) < 4.78 is 12.8. The molecule has 1 N–H and O–H groups in total. The highest BCUT2D eigenvalue weighted by Crippen LogP contribution is 2.29. The molecule has 1 aromatic carbocycles. The number of hydrogen-bond acceptors (Lipinski definition) is 3. The predicted molar refractivity (Wildman–Crippen MR) is 87.3 cm³/mol. The molecule has 3 rings (SSSR count). The number of carboxylic acid groups (broad SMARTS) is 1. The summed E-state index contributed by atoms with van der Waals surface area (Å²) in [5.41, 5.74) is 2.24. The maximum atomic E-state index is 11.0. The molecule has 0 bridgehead atoms. The maximum absolute atomic E-state index is 11.0. The van der Waals surface area contributed by atoms with Crippen LogP contribution in [0.5, 0.6) is 5.75 Å². The van der Waals surface area contributed by atoms with Gasteiger partial charge >= 0.3 is 5.97 Å². The van der Waals surface area contributed by atoms with E-state index in [4.69, 9.17) is 14.3 Å². The van der Waals surface area contributed by atoms with Crippen molar-refractivity contribution in [3.8, 4) is 5.75 Å². The van der Waals surface area contributed by atoms with Gasteiger partial charge in [0.15, 0.2) is 0 Å². The standard InChI is InChI=1S/C18H19NO4/c1-11(2)16-9-12-8-13(22-3)4-6-15(12)19(16)10-14-5-7-17(23-14)18(20)21/h4-9,11H,10H2,1-3H3,(H,20,21). The van der Waals surface area contributed by atoms with E-state index < -0.39 is 5.97 Å². The first-order valence-electron chi connectivity index (χ1n) is 7.48.